The average Bonchev–Trinajstić information content (AvgIpc) is 3.07. The van der Waals surface area contributed by atoms with Gasteiger partial charge in [0.1, 0.15) is 15.4 Å². The number of fused-ring (bicyclic) bond motifs is 2. The molecule has 4 rings (SSSR count). The molecule has 1 aromatic carbocycles. The van der Waals surface area contributed by atoms with Crippen LogP contribution in [0.5, 0.6) is 0 Å². The molecule has 0 saturated carbocycles. The summed E-state index contributed by atoms with van der Waals surface area (Å²) in [4.78, 5) is 21.4. The van der Waals surface area contributed by atoms with Gasteiger partial charge in [-0.3, -0.25) is 9.69 Å². The number of carbonyl (C=O) groups is 1. The maximum atomic E-state index is 14.5. The Morgan fingerprint density at radius 1 is 1.35 bits per heavy atom. The molecular weight excluding hydrogens is 411 g/mol. The molecule has 3 N–H and O–H groups in total. The number of nitrogens with one attached hydrogen (secondary N) is 1. The third kappa shape index (κ3) is 4.16. The fourth-order valence-electron chi connectivity index (χ4n) is 3.92. The Morgan fingerprint density at radius 3 is 2.71 bits per heavy atom. The van der Waals surface area contributed by atoms with Gasteiger partial charge < -0.3 is 11.1 Å². The first-order valence-corrected chi connectivity index (χ1v) is 11.6. The molecular formula is C24H29FN4OS. The molecule has 1 unspecified atom stereocenters. The van der Waals surface area contributed by atoms with Gasteiger partial charge >= 0.3 is 0 Å². The lowest BCUT2D eigenvalue weighted by Crippen LogP contribution is -2.36. The lowest BCUT2D eigenvalue weighted by Gasteiger charge is -2.31. The van der Waals surface area contributed by atoms with Crippen LogP contribution in [0.1, 0.15) is 60.6 Å². The van der Waals surface area contributed by atoms with Crippen molar-refractivity contribution in [3.05, 3.63) is 52.0 Å². The predicted octanol–water partition coefficient (Wildman–Crippen LogP) is 5.49. The van der Waals surface area contributed by atoms with Crippen LogP contribution in [0, 0.1) is 0 Å². The van der Waals surface area contributed by atoms with E-state index >= 15 is 0 Å². The van der Waals surface area contributed by atoms with Gasteiger partial charge in [0.15, 0.2) is 0 Å². The topological polar surface area (TPSA) is 71.2 Å². The molecule has 7 heteroatoms. The van der Waals surface area contributed by atoms with E-state index in [9.17, 15) is 9.18 Å². The lowest BCUT2D eigenvalue weighted by atomic mass is 9.95. The number of nitrogens with two attached hydrogens (primary N) is 1. The summed E-state index contributed by atoms with van der Waals surface area (Å²) in [5, 5.41) is 3.72. The van der Waals surface area contributed by atoms with Crippen molar-refractivity contribution in [3.8, 4) is 0 Å². The second-order valence-electron chi connectivity index (χ2n) is 8.69. The number of anilines is 2. The smallest absolute Gasteiger partial charge is 0.267 e. The second kappa shape index (κ2) is 8.20. The highest BCUT2D eigenvalue weighted by Crippen LogP contribution is 2.36. The largest absolute Gasteiger partial charge is 0.397 e. The number of nitrogen functional groups attached to an aromatic ring is 1. The summed E-state index contributed by atoms with van der Waals surface area (Å²) in [6, 6.07) is 9.44. The van der Waals surface area contributed by atoms with Gasteiger partial charge in [-0.25, -0.2) is 9.37 Å². The molecule has 164 valence electrons. The van der Waals surface area contributed by atoms with E-state index in [1.165, 1.54) is 16.9 Å². The summed E-state index contributed by atoms with van der Waals surface area (Å²) in [7, 11) is 0. The summed E-state index contributed by atoms with van der Waals surface area (Å²) in [5.74, 6) is -0.270. The summed E-state index contributed by atoms with van der Waals surface area (Å²) < 4.78 is 14.5. The lowest BCUT2D eigenvalue weighted by molar-refractivity contribution is 0.103. The number of carbonyl (C=O) groups excluding carboxylic acids is 1. The number of thiophene rings is 1. The molecule has 0 fully saturated rings. The van der Waals surface area contributed by atoms with Crippen molar-refractivity contribution in [2.75, 3.05) is 17.6 Å². The Morgan fingerprint density at radius 2 is 2.06 bits per heavy atom. The van der Waals surface area contributed by atoms with Crippen LogP contribution in [0.15, 0.2) is 30.3 Å². The third-order valence-electron chi connectivity index (χ3n) is 6.24. The number of amides is 1. The minimum Gasteiger partial charge on any atom is -0.397 e. The van der Waals surface area contributed by atoms with Crippen LogP contribution in [0.2, 0.25) is 0 Å². The molecule has 3 aromatic rings. The number of aromatic nitrogens is 1. The Kier molecular flexibility index (Phi) is 5.75. The van der Waals surface area contributed by atoms with Gasteiger partial charge in [-0.1, -0.05) is 19.1 Å². The van der Waals surface area contributed by atoms with E-state index in [-0.39, 0.29) is 5.91 Å². The summed E-state index contributed by atoms with van der Waals surface area (Å²) in [6.45, 7) is 9.60. The Bertz CT molecular complexity index is 1120. The number of pyridine rings is 1. The van der Waals surface area contributed by atoms with Gasteiger partial charge in [-0.15, -0.1) is 11.3 Å². The fourth-order valence-corrected chi connectivity index (χ4v) is 4.91. The van der Waals surface area contributed by atoms with Gasteiger partial charge in [0.2, 0.25) is 0 Å². The number of rotatable bonds is 5. The number of nitrogens with zero attached hydrogens (tertiary/aromatic N) is 2. The molecule has 1 aliphatic rings. The Labute approximate surface area is 186 Å². The zero-order chi connectivity index (χ0) is 22.3. The predicted molar refractivity (Wildman–Crippen MR) is 126 cm³/mol. The van der Waals surface area contributed by atoms with Crippen molar-refractivity contribution >= 4 is 38.8 Å². The number of halogens is 1. The van der Waals surface area contributed by atoms with Gasteiger partial charge in [0.05, 0.1) is 5.69 Å². The number of alkyl halides is 1. The van der Waals surface area contributed by atoms with Crippen molar-refractivity contribution in [1.82, 2.24) is 9.88 Å². The molecule has 1 atom stereocenters. The van der Waals surface area contributed by atoms with Crippen LogP contribution in [0.25, 0.3) is 10.2 Å². The van der Waals surface area contributed by atoms with Gasteiger partial charge in [0, 0.05) is 42.3 Å². The number of hydrogen-bond acceptors (Lipinski definition) is 5. The van der Waals surface area contributed by atoms with Crippen LogP contribution >= 0.6 is 11.3 Å². The molecule has 3 heterocycles. The highest BCUT2D eigenvalue weighted by atomic mass is 32.1. The zero-order valence-electron chi connectivity index (χ0n) is 18.5. The summed E-state index contributed by atoms with van der Waals surface area (Å²) >= 11 is 1.32. The van der Waals surface area contributed by atoms with E-state index in [0.717, 1.165) is 35.4 Å². The summed E-state index contributed by atoms with van der Waals surface area (Å²) in [5.41, 5.74) is 8.94. The molecule has 1 aliphatic heterocycles. The highest BCUT2D eigenvalue weighted by Gasteiger charge is 2.25. The van der Waals surface area contributed by atoms with Crippen molar-refractivity contribution in [3.63, 3.8) is 0 Å². The minimum absolute atomic E-state index is 0.270. The molecule has 0 radical (unpaired) electrons. The van der Waals surface area contributed by atoms with Crippen LogP contribution in [0.4, 0.5) is 15.8 Å². The fraction of sp³-hybridized carbons (Fsp3) is 0.417. The number of hydrogen-bond donors (Lipinski definition) is 2. The van der Waals surface area contributed by atoms with Crippen LogP contribution in [-0.2, 0) is 18.6 Å². The van der Waals surface area contributed by atoms with Crippen LogP contribution in [0.3, 0.4) is 0 Å². The van der Waals surface area contributed by atoms with Gasteiger partial charge in [0.25, 0.3) is 5.91 Å². The first kappa shape index (κ1) is 21.7. The van der Waals surface area contributed by atoms with Crippen LogP contribution < -0.4 is 11.1 Å². The van der Waals surface area contributed by atoms with E-state index in [0.29, 0.717) is 34.3 Å². The second-order valence-corrected chi connectivity index (χ2v) is 9.69. The van der Waals surface area contributed by atoms with Crippen LogP contribution in [-0.4, -0.2) is 28.4 Å². The maximum Gasteiger partial charge on any atom is 0.267 e. The minimum atomic E-state index is -1.38. The quantitative estimate of drug-likeness (QED) is 0.550. The molecule has 2 aromatic heterocycles. The molecule has 0 bridgehead atoms. The van der Waals surface area contributed by atoms with Gasteiger partial charge in [-0.2, -0.15) is 0 Å². The summed E-state index contributed by atoms with van der Waals surface area (Å²) in [6.07, 6.45) is 1.29. The molecule has 0 aliphatic carbocycles. The Balaban J connectivity index is 1.58. The van der Waals surface area contributed by atoms with Crippen molar-refractivity contribution in [2.24, 2.45) is 0 Å². The molecule has 0 saturated heterocycles. The Hall–Kier alpha value is -2.51. The average molecular weight is 441 g/mol. The molecule has 0 spiro atoms. The molecule has 1 amide bonds. The SMILES string of the molecule is CCC(C)(F)c1ccc(NC(=O)c2sc3nc4c(cc3c2N)CN(C(C)C)CC4)cc1. The molecule has 31 heavy (non-hydrogen) atoms. The van der Waals surface area contributed by atoms with E-state index < -0.39 is 5.67 Å². The monoisotopic (exact) mass is 440 g/mol. The third-order valence-corrected chi connectivity index (χ3v) is 7.36. The van der Waals surface area contributed by atoms with E-state index in [1.807, 2.05) is 6.92 Å². The van der Waals surface area contributed by atoms with E-state index in [4.69, 9.17) is 10.7 Å². The van der Waals surface area contributed by atoms with Crippen molar-refractivity contribution in [2.45, 2.75) is 58.8 Å². The van der Waals surface area contributed by atoms with E-state index in [2.05, 4.69) is 30.1 Å². The normalized spacial score (nSPS) is 16.3. The van der Waals surface area contributed by atoms with E-state index in [1.54, 1.807) is 31.2 Å². The zero-order valence-corrected chi connectivity index (χ0v) is 19.3. The number of benzene rings is 1. The van der Waals surface area contributed by atoms with Crippen molar-refractivity contribution < 1.29 is 9.18 Å². The maximum absolute atomic E-state index is 14.5. The first-order valence-electron chi connectivity index (χ1n) is 10.7. The first-order chi connectivity index (χ1) is 14.7. The highest BCUT2D eigenvalue weighted by molar-refractivity contribution is 7.21. The van der Waals surface area contributed by atoms with Crippen molar-refractivity contribution in [1.29, 1.82) is 0 Å². The standard InChI is InChI=1S/C24H29FN4OS/c1-5-24(4,25)16-6-8-17(9-7-16)27-22(30)21-20(26)18-12-15-13-29(14(2)3)11-10-19(15)28-23(18)31-21/h6-9,12,14H,5,10-11,13,26H2,1-4H3,(H,27,30). The molecule has 5 nitrogen and oxygen atoms in total. The van der Waals surface area contributed by atoms with Gasteiger partial charge in [-0.05, 0) is 56.5 Å².